The average Bonchev–Trinajstić information content (AvgIpc) is 2.90. The summed E-state index contributed by atoms with van der Waals surface area (Å²) in [6, 6.07) is 5.90. The molecule has 0 saturated carbocycles. The Kier molecular flexibility index (Phi) is 5.95. The van der Waals surface area contributed by atoms with Crippen LogP contribution in [0.5, 0.6) is 5.75 Å². The Morgan fingerprint density at radius 1 is 1.58 bits per heavy atom. The molecule has 1 aromatic carbocycles. The highest BCUT2D eigenvalue weighted by Crippen LogP contribution is 2.27. The van der Waals surface area contributed by atoms with Crippen LogP contribution < -0.4 is 10.1 Å². The predicted molar refractivity (Wildman–Crippen MR) is 81.1 cm³/mol. The van der Waals surface area contributed by atoms with Crippen LogP contribution in [0.2, 0.25) is 5.02 Å². The number of hydrogen-bond acceptors (Lipinski definition) is 3. The standard InChI is InChI=1S/C14H19BrClNO2/c1-10(13-3-2-7-18-13)17-6-8-19-14-5-4-11(16)9-12(14)15/h4-5,9-10,13,17H,2-3,6-8H2,1H3. The molecule has 0 amide bonds. The van der Waals surface area contributed by atoms with Gasteiger partial charge < -0.3 is 14.8 Å². The third kappa shape index (κ3) is 4.63. The van der Waals surface area contributed by atoms with Gasteiger partial charge in [0.25, 0.3) is 0 Å². The van der Waals surface area contributed by atoms with Crippen molar-refractivity contribution in [1.29, 1.82) is 0 Å². The number of rotatable bonds is 6. The van der Waals surface area contributed by atoms with E-state index in [4.69, 9.17) is 21.1 Å². The van der Waals surface area contributed by atoms with E-state index in [9.17, 15) is 0 Å². The van der Waals surface area contributed by atoms with Crippen LogP contribution in [0, 0.1) is 0 Å². The zero-order valence-corrected chi connectivity index (χ0v) is 13.3. The molecule has 0 spiro atoms. The zero-order valence-electron chi connectivity index (χ0n) is 11.0. The molecular weight excluding hydrogens is 330 g/mol. The fourth-order valence-electron chi connectivity index (χ4n) is 2.17. The van der Waals surface area contributed by atoms with Crippen molar-refractivity contribution in [3.8, 4) is 5.75 Å². The Labute approximate surface area is 127 Å². The van der Waals surface area contributed by atoms with Crippen LogP contribution in [0.15, 0.2) is 22.7 Å². The summed E-state index contributed by atoms with van der Waals surface area (Å²) in [6.07, 6.45) is 2.67. The molecule has 0 aliphatic carbocycles. The van der Waals surface area contributed by atoms with E-state index in [2.05, 4.69) is 28.2 Å². The molecule has 1 aliphatic rings. The van der Waals surface area contributed by atoms with E-state index in [-0.39, 0.29) is 0 Å². The van der Waals surface area contributed by atoms with Crippen LogP contribution in [0.25, 0.3) is 0 Å². The van der Waals surface area contributed by atoms with Gasteiger partial charge in [-0.05, 0) is 53.9 Å². The summed E-state index contributed by atoms with van der Waals surface area (Å²) in [6.45, 7) is 4.48. The lowest BCUT2D eigenvalue weighted by Gasteiger charge is -2.20. The summed E-state index contributed by atoms with van der Waals surface area (Å²) < 4.78 is 12.2. The second-order valence-corrected chi connectivity index (χ2v) is 6.01. The van der Waals surface area contributed by atoms with Crippen molar-refractivity contribution in [3.05, 3.63) is 27.7 Å². The molecule has 0 aromatic heterocycles. The van der Waals surface area contributed by atoms with Crippen LogP contribution in [0.4, 0.5) is 0 Å². The topological polar surface area (TPSA) is 30.5 Å². The van der Waals surface area contributed by atoms with E-state index in [1.165, 1.54) is 6.42 Å². The first-order valence-electron chi connectivity index (χ1n) is 6.59. The molecule has 1 fully saturated rings. The summed E-state index contributed by atoms with van der Waals surface area (Å²) in [5.74, 6) is 0.816. The van der Waals surface area contributed by atoms with Crippen LogP contribution in [-0.2, 0) is 4.74 Å². The van der Waals surface area contributed by atoms with Crippen LogP contribution >= 0.6 is 27.5 Å². The Hall–Kier alpha value is -0.290. The van der Waals surface area contributed by atoms with Crippen molar-refractivity contribution >= 4 is 27.5 Å². The van der Waals surface area contributed by atoms with Crippen molar-refractivity contribution in [2.24, 2.45) is 0 Å². The Morgan fingerprint density at radius 2 is 2.42 bits per heavy atom. The first kappa shape index (κ1) is 15.1. The molecule has 2 unspecified atom stereocenters. The van der Waals surface area contributed by atoms with Crippen LogP contribution in [0.1, 0.15) is 19.8 Å². The second-order valence-electron chi connectivity index (χ2n) is 4.72. The fourth-order valence-corrected chi connectivity index (χ4v) is 2.97. The highest BCUT2D eigenvalue weighted by Gasteiger charge is 2.21. The minimum Gasteiger partial charge on any atom is -0.491 e. The monoisotopic (exact) mass is 347 g/mol. The zero-order chi connectivity index (χ0) is 13.7. The van der Waals surface area contributed by atoms with Crippen molar-refractivity contribution in [3.63, 3.8) is 0 Å². The van der Waals surface area contributed by atoms with Gasteiger partial charge in [0.05, 0.1) is 10.6 Å². The minimum absolute atomic E-state index is 0.349. The summed E-state index contributed by atoms with van der Waals surface area (Å²) in [4.78, 5) is 0. The van der Waals surface area contributed by atoms with E-state index in [0.29, 0.717) is 23.8 Å². The van der Waals surface area contributed by atoms with Crippen molar-refractivity contribution in [1.82, 2.24) is 5.32 Å². The van der Waals surface area contributed by atoms with Gasteiger partial charge in [-0.15, -0.1) is 0 Å². The van der Waals surface area contributed by atoms with E-state index in [1.807, 2.05) is 18.2 Å². The largest absolute Gasteiger partial charge is 0.491 e. The number of hydrogen-bond donors (Lipinski definition) is 1. The van der Waals surface area contributed by atoms with Crippen molar-refractivity contribution in [2.45, 2.75) is 31.9 Å². The minimum atomic E-state index is 0.349. The lowest BCUT2D eigenvalue weighted by atomic mass is 10.1. The number of benzene rings is 1. The molecule has 1 saturated heterocycles. The number of halogens is 2. The summed E-state index contributed by atoms with van der Waals surface area (Å²) in [5.41, 5.74) is 0. The van der Waals surface area contributed by atoms with E-state index >= 15 is 0 Å². The molecule has 19 heavy (non-hydrogen) atoms. The maximum Gasteiger partial charge on any atom is 0.133 e. The maximum absolute atomic E-state index is 5.88. The number of ether oxygens (including phenoxy) is 2. The van der Waals surface area contributed by atoms with Gasteiger partial charge in [0.15, 0.2) is 0 Å². The molecule has 3 nitrogen and oxygen atoms in total. The summed E-state index contributed by atoms with van der Waals surface area (Å²) >= 11 is 9.31. The summed E-state index contributed by atoms with van der Waals surface area (Å²) in [5, 5.41) is 4.13. The third-order valence-electron chi connectivity index (χ3n) is 3.24. The Bertz CT molecular complexity index is 410. The van der Waals surface area contributed by atoms with Crippen molar-refractivity contribution < 1.29 is 9.47 Å². The van der Waals surface area contributed by atoms with Gasteiger partial charge in [0, 0.05) is 24.2 Å². The van der Waals surface area contributed by atoms with Gasteiger partial charge in [0.1, 0.15) is 12.4 Å². The molecule has 2 atom stereocenters. The maximum atomic E-state index is 5.88. The van der Waals surface area contributed by atoms with E-state index in [1.54, 1.807) is 0 Å². The molecular formula is C14H19BrClNO2. The molecule has 0 radical (unpaired) electrons. The summed E-state index contributed by atoms with van der Waals surface area (Å²) in [7, 11) is 0. The van der Waals surface area contributed by atoms with Gasteiger partial charge in [-0.1, -0.05) is 11.6 Å². The average molecular weight is 349 g/mol. The van der Waals surface area contributed by atoms with E-state index in [0.717, 1.165) is 29.8 Å². The smallest absolute Gasteiger partial charge is 0.133 e. The fraction of sp³-hybridized carbons (Fsp3) is 0.571. The van der Waals surface area contributed by atoms with Gasteiger partial charge in [-0.25, -0.2) is 0 Å². The van der Waals surface area contributed by atoms with Crippen LogP contribution in [-0.4, -0.2) is 31.9 Å². The molecule has 1 N–H and O–H groups in total. The normalized spacial score (nSPS) is 20.5. The molecule has 5 heteroatoms. The van der Waals surface area contributed by atoms with Gasteiger partial charge in [-0.3, -0.25) is 0 Å². The van der Waals surface area contributed by atoms with Crippen molar-refractivity contribution in [2.75, 3.05) is 19.8 Å². The van der Waals surface area contributed by atoms with Gasteiger partial charge in [0.2, 0.25) is 0 Å². The lowest BCUT2D eigenvalue weighted by Crippen LogP contribution is -2.39. The molecule has 2 rings (SSSR count). The molecule has 1 aliphatic heterocycles. The first-order chi connectivity index (χ1) is 9.16. The SMILES string of the molecule is CC(NCCOc1ccc(Cl)cc1Br)C1CCCO1. The molecule has 106 valence electrons. The molecule has 1 aromatic rings. The highest BCUT2D eigenvalue weighted by atomic mass is 79.9. The van der Waals surface area contributed by atoms with Gasteiger partial charge in [-0.2, -0.15) is 0 Å². The first-order valence-corrected chi connectivity index (χ1v) is 7.77. The highest BCUT2D eigenvalue weighted by molar-refractivity contribution is 9.10. The van der Waals surface area contributed by atoms with Crippen LogP contribution in [0.3, 0.4) is 0 Å². The number of nitrogens with one attached hydrogen (secondary N) is 1. The third-order valence-corrected chi connectivity index (χ3v) is 4.10. The molecule has 1 heterocycles. The quantitative estimate of drug-likeness (QED) is 0.796. The van der Waals surface area contributed by atoms with E-state index < -0.39 is 0 Å². The second kappa shape index (κ2) is 7.48. The Balaban J connectivity index is 1.68. The lowest BCUT2D eigenvalue weighted by molar-refractivity contribution is 0.0824. The predicted octanol–water partition coefficient (Wildman–Crippen LogP) is 3.64. The molecule has 0 bridgehead atoms. The Morgan fingerprint density at radius 3 is 3.11 bits per heavy atom. The van der Waals surface area contributed by atoms with Gasteiger partial charge >= 0.3 is 0 Å².